The van der Waals surface area contributed by atoms with E-state index in [1.54, 1.807) is 0 Å². The van der Waals surface area contributed by atoms with E-state index >= 15 is 0 Å². The number of hydrogen-bond acceptors (Lipinski definition) is 11. The minimum absolute atomic E-state index is 0.0219. The van der Waals surface area contributed by atoms with Crippen LogP contribution in [-0.4, -0.2) is 56.1 Å². The highest BCUT2D eigenvalue weighted by molar-refractivity contribution is 5.60. The fourth-order valence-corrected chi connectivity index (χ4v) is 4.42. The van der Waals surface area contributed by atoms with Crippen LogP contribution in [0.5, 0.6) is 0 Å². The number of nitrogens with zero attached hydrogens (tertiary/aromatic N) is 3. The first-order valence-electron chi connectivity index (χ1n) is 12.0. The second-order valence-corrected chi connectivity index (χ2v) is 8.97. The highest BCUT2D eigenvalue weighted by Crippen LogP contribution is 2.36. The van der Waals surface area contributed by atoms with E-state index in [9.17, 15) is 39.7 Å². The quantitative estimate of drug-likeness (QED) is 0.222. The highest BCUT2D eigenvalue weighted by atomic mass is 16.7. The number of rotatable bonds is 9. The number of nitrogens with one attached hydrogen (secondary N) is 1. The number of aliphatic hydroxyl groups excluding tert-OH is 1. The summed E-state index contributed by atoms with van der Waals surface area (Å²) in [6.07, 6.45) is -3.02. The third-order valence-corrected chi connectivity index (χ3v) is 6.41. The van der Waals surface area contributed by atoms with Gasteiger partial charge in [-0.1, -0.05) is 36.4 Å². The van der Waals surface area contributed by atoms with Crippen molar-refractivity contribution >= 4 is 17.5 Å². The number of benzene rings is 2. The predicted octanol–water partition coefficient (Wildman–Crippen LogP) is 2.30. The number of aliphatic hydroxyl groups is 1. The van der Waals surface area contributed by atoms with Crippen LogP contribution >= 0.6 is 0 Å². The van der Waals surface area contributed by atoms with Crippen LogP contribution in [0, 0.1) is 27.2 Å². The molecule has 1 aliphatic heterocycles. The van der Waals surface area contributed by atoms with Gasteiger partial charge in [0, 0.05) is 41.4 Å². The number of carbonyl (C=O) groups excluding carboxylic acids is 1. The molecule has 15 nitrogen and oxygen atoms in total. The van der Waals surface area contributed by atoms with Crippen LogP contribution in [0.1, 0.15) is 35.3 Å². The molecule has 1 aliphatic rings. The number of aromatic amines is 1. The number of carbonyl (C=O) groups is 1. The minimum Gasteiger partial charge on any atom is -0.433 e. The zero-order valence-corrected chi connectivity index (χ0v) is 21.0. The van der Waals surface area contributed by atoms with Crippen molar-refractivity contribution in [1.29, 1.82) is 0 Å². The molecule has 0 aliphatic carbocycles. The molecular formula is C25H24N4O11. The van der Waals surface area contributed by atoms with Crippen molar-refractivity contribution in [3.05, 3.63) is 112 Å². The normalized spacial score (nSPS) is 18.4. The first kappa shape index (κ1) is 28.1. The number of nitro groups is 2. The number of aromatic nitrogens is 2. The largest absolute Gasteiger partial charge is 0.508 e. The molecule has 15 heteroatoms. The number of nitro benzene ring substituents is 2. The molecule has 0 amide bonds. The summed E-state index contributed by atoms with van der Waals surface area (Å²) in [6.45, 7) is 0.505. The fourth-order valence-electron chi connectivity index (χ4n) is 4.42. The summed E-state index contributed by atoms with van der Waals surface area (Å²) in [5.41, 5.74) is -1.48. The van der Waals surface area contributed by atoms with Crippen molar-refractivity contribution in [2.75, 3.05) is 13.2 Å². The van der Waals surface area contributed by atoms with Crippen LogP contribution < -0.4 is 11.2 Å². The summed E-state index contributed by atoms with van der Waals surface area (Å²) >= 11 is 0. The Morgan fingerprint density at radius 2 is 1.65 bits per heavy atom. The number of ether oxygens (including phenoxy) is 3. The number of hydrogen-bond donors (Lipinski definition) is 2. The van der Waals surface area contributed by atoms with Gasteiger partial charge in [0.05, 0.1) is 21.9 Å². The van der Waals surface area contributed by atoms with Gasteiger partial charge in [0.25, 0.3) is 16.9 Å². The molecule has 0 radical (unpaired) electrons. The monoisotopic (exact) mass is 556 g/mol. The van der Waals surface area contributed by atoms with E-state index in [1.165, 1.54) is 61.7 Å². The molecule has 0 spiro atoms. The van der Waals surface area contributed by atoms with E-state index in [0.717, 1.165) is 4.57 Å². The fraction of sp³-hybridized carbons (Fsp3) is 0.320. The van der Waals surface area contributed by atoms with Gasteiger partial charge in [0.15, 0.2) is 0 Å². The molecule has 1 fully saturated rings. The lowest BCUT2D eigenvalue weighted by atomic mass is 9.89. The number of aryl methyl sites for hydroxylation is 1. The zero-order chi connectivity index (χ0) is 29.0. The van der Waals surface area contributed by atoms with E-state index in [1.807, 2.05) is 0 Å². The van der Waals surface area contributed by atoms with E-state index in [4.69, 9.17) is 14.2 Å². The van der Waals surface area contributed by atoms with Crippen LogP contribution in [0.4, 0.5) is 16.2 Å². The summed E-state index contributed by atoms with van der Waals surface area (Å²) in [7, 11) is 0. The molecule has 2 heterocycles. The maximum absolute atomic E-state index is 12.5. The van der Waals surface area contributed by atoms with E-state index in [0.29, 0.717) is 0 Å². The highest BCUT2D eigenvalue weighted by Gasteiger charge is 2.37. The average Bonchev–Trinajstić information content (AvgIpc) is 3.29. The molecule has 3 atom stereocenters. The number of H-pyrrole nitrogens is 1. The molecule has 1 aromatic heterocycles. The predicted molar refractivity (Wildman–Crippen MR) is 136 cm³/mol. The van der Waals surface area contributed by atoms with Crippen molar-refractivity contribution in [2.24, 2.45) is 0 Å². The molecule has 0 saturated carbocycles. The van der Waals surface area contributed by atoms with E-state index in [-0.39, 0.29) is 34.5 Å². The topological polar surface area (TPSA) is 206 Å². The summed E-state index contributed by atoms with van der Waals surface area (Å²) < 4.78 is 17.0. The van der Waals surface area contributed by atoms with Crippen LogP contribution in [-0.2, 0) is 14.2 Å². The van der Waals surface area contributed by atoms with Gasteiger partial charge in [-0.3, -0.25) is 34.6 Å². The summed E-state index contributed by atoms with van der Waals surface area (Å²) in [4.78, 5) is 60.3. The Labute approximate surface area is 224 Å². The molecule has 0 bridgehead atoms. The Morgan fingerprint density at radius 1 is 1.07 bits per heavy atom. The molecule has 0 unspecified atom stereocenters. The van der Waals surface area contributed by atoms with E-state index < -0.39 is 64.8 Å². The van der Waals surface area contributed by atoms with Gasteiger partial charge in [-0.05, 0) is 6.92 Å². The lowest BCUT2D eigenvalue weighted by Gasteiger charge is -2.19. The van der Waals surface area contributed by atoms with Gasteiger partial charge in [-0.25, -0.2) is 9.59 Å². The average molecular weight is 556 g/mol. The number of para-hydroxylation sites is 2. The lowest BCUT2D eigenvalue weighted by Crippen LogP contribution is -2.33. The molecule has 2 aromatic carbocycles. The van der Waals surface area contributed by atoms with Crippen LogP contribution in [0.2, 0.25) is 0 Å². The SMILES string of the molecule is Cc1cn([C@H]2C[C@H](O)[C@@H](COC(=O)OCC(c3ccccc3[N+](=O)[O-])c3ccccc3[N+](=O)[O-])O2)c(=O)[nH]c1=O. The van der Waals surface area contributed by atoms with Crippen LogP contribution in [0.15, 0.2) is 64.3 Å². The molecular weight excluding hydrogens is 532 g/mol. The van der Waals surface area contributed by atoms with Crippen LogP contribution in [0.3, 0.4) is 0 Å². The van der Waals surface area contributed by atoms with Gasteiger partial charge in [0.2, 0.25) is 0 Å². The van der Waals surface area contributed by atoms with Gasteiger partial charge in [-0.15, -0.1) is 0 Å². The standard InChI is InChI=1S/C25H24N4O11/c1-14-11-27(24(32)26-23(14)31)22-10-20(30)21(40-22)13-39-25(33)38-12-17(15-6-2-4-8-18(15)28(34)35)16-7-3-5-9-19(16)29(36)37/h2-9,11,17,20-22,30H,10,12-13H2,1H3,(H,26,31,32)/t20-,21+,22+/m0/s1. The molecule has 4 rings (SSSR count). The molecule has 1 saturated heterocycles. The molecule has 2 N–H and O–H groups in total. The Morgan fingerprint density at radius 3 is 2.23 bits per heavy atom. The van der Waals surface area contributed by atoms with Gasteiger partial charge >= 0.3 is 11.8 Å². The molecule has 3 aromatic rings. The zero-order valence-electron chi connectivity index (χ0n) is 21.0. The Balaban J connectivity index is 1.46. The Hall–Kier alpha value is -4.89. The van der Waals surface area contributed by atoms with Crippen molar-refractivity contribution in [1.82, 2.24) is 9.55 Å². The third-order valence-electron chi connectivity index (χ3n) is 6.41. The van der Waals surface area contributed by atoms with Gasteiger partial charge < -0.3 is 19.3 Å². The first-order chi connectivity index (χ1) is 19.1. The Bertz CT molecular complexity index is 1490. The summed E-state index contributed by atoms with van der Waals surface area (Å²) in [6, 6.07) is 11.2. The first-order valence-corrected chi connectivity index (χ1v) is 12.0. The smallest absolute Gasteiger partial charge is 0.433 e. The Kier molecular flexibility index (Phi) is 8.35. The van der Waals surface area contributed by atoms with E-state index in [2.05, 4.69) is 4.98 Å². The van der Waals surface area contributed by atoms with Crippen molar-refractivity contribution < 1.29 is 34.0 Å². The third kappa shape index (κ3) is 6.05. The molecule has 40 heavy (non-hydrogen) atoms. The maximum atomic E-state index is 12.5. The van der Waals surface area contributed by atoms with Crippen molar-refractivity contribution in [3.8, 4) is 0 Å². The lowest BCUT2D eigenvalue weighted by molar-refractivity contribution is -0.386. The van der Waals surface area contributed by atoms with Gasteiger partial charge in [0.1, 0.15) is 25.5 Å². The second kappa shape index (κ2) is 11.9. The minimum atomic E-state index is -1.21. The summed E-state index contributed by atoms with van der Waals surface area (Å²) in [5, 5.41) is 33.6. The molecule has 210 valence electrons. The maximum Gasteiger partial charge on any atom is 0.508 e. The van der Waals surface area contributed by atoms with Crippen LogP contribution in [0.25, 0.3) is 0 Å². The van der Waals surface area contributed by atoms with Gasteiger partial charge in [-0.2, -0.15) is 0 Å². The van der Waals surface area contributed by atoms with Crippen molar-refractivity contribution in [2.45, 2.75) is 37.7 Å². The second-order valence-electron chi connectivity index (χ2n) is 8.97. The van der Waals surface area contributed by atoms with Crippen molar-refractivity contribution in [3.63, 3.8) is 0 Å². The summed E-state index contributed by atoms with van der Waals surface area (Å²) in [5.74, 6) is -1.08.